The molecule has 0 aromatic heterocycles. The molecule has 20 heavy (non-hydrogen) atoms. The molecule has 0 saturated carbocycles. The Balaban J connectivity index is 2.01. The fourth-order valence-corrected chi connectivity index (χ4v) is 3.10. The van der Waals surface area contributed by atoms with Gasteiger partial charge in [-0.25, -0.2) is 0 Å². The van der Waals surface area contributed by atoms with Crippen molar-refractivity contribution in [1.29, 1.82) is 0 Å². The van der Waals surface area contributed by atoms with E-state index in [1.165, 1.54) is 29.4 Å². The third-order valence-electron chi connectivity index (χ3n) is 3.89. The third kappa shape index (κ3) is 4.21. The molecule has 1 fully saturated rings. The zero-order valence-corrected chi connectivity index (χ0v) is 14.2. The monoisotopic (exact) mass is 340 g/mol. The van der Waals surface area contributed by atoms with Crippen LogP contribution in [0, 0.1) is 0 Å². The number of likely N-dealkylation sites (tertiary alicyclic amines) is 1. The van der Waals surface area contributed by atoms with E-state index in [9.17, 15) is 0 Å². The highest BCUT2D eigenvalue weighted by Crippen LogP contribution is 2.27. The van der Waals surface area contributed by atoms with Crippen molar-refractivity contribution >= 4 is 15.9 Å². The fourth-order valence-electron chi connectivity index (χ4n) is 2.72. The molecule has 1 unspecified atom stereocenters. The van der Waals surface area contributed by atoms with E-state index in [0.717, 1.165) is 18.8 Å². The summed E-state index contributed by atoms with van der Waals surface area (Å²) in [6, 6.07) is 7.41. The molecule has 1 aliphatic rings. The number of hydrogen-bond donors (Lipinski definition) is 1. The molecule has 0 spiro atoms. The Morgan fingerprint density at radius 2 is 2.25 bits per heavy atom. The van der Waals surface area contributed by atoms with Crippen LogP contribution in [0.3, 0.4) is 0 Å². The summed E-state index contributed by atoms with van der Waals surface area (Å²) in [6.45, 7) is 7.67. The van der Waals surface area contributed by atoms with Crippen LogP contribution < -0.4 is 10.1 Å². The molecule has 1 aromatic carbocycles. The molecular formula is C16H25BrN2O. The Labute approximate surface area is 130 Å². The van der Waals surface area contributed by atoms with E-state index in [4.69, 9.17) is 4.74 Å². The highest BCUT2D eigenvalue weighted by Gasteiger charge is 2.24. The lowest BCUT2D eigenvalue weighted by molar-refractivity contribution is 0.235. The summed E-state index contributed by atoms with van der Waals surface area (Å²) >= 11 is 3.65. The molecule has 0 aliphatic carbocycles. The number of nitrogens with zero attached hydrogens (tertiary/aromatic N) is 1. The van der Waals surface area contributed by atoms with E-state index in [1.54, 1.807) is 7.11 Å². The van der Waals surface area contributed by atoms with Gasteiger partial charge in [-0.05, 0) is 43.1 Å². The highest BCUT2D eigenvalue weighted by atomic mass is 79.9. The fraction of sp³-hybridized carbons (Fsp3) is 0.625. The normalized spacial score (nSPS) is 19.8. The SMILES string of the molecule is COc1ccc(Br)c(CN2CCCC2CNC(C)C)c1. The number of methoxy groups -OCH3 is 1. The molecule has 3 nitrogen and oxygen atoms in total. The molecular weight excluding hydrogens is 316 g/mol. The van der Waals surface area contributed by atoms with Crippen LogP contribution in [0.5, 0.6) is 5.75 Å². The minimum atomic E-state index is 0.556. The van der Waals surface area contributed by atoms with E-state index in [2.05, 4.69) is 52.1 Å². The standard InChI is InChI=1S/C16H25BrN2O/c1-12(2)18-10-14-5-4-8-19(14)11-13-9-15(20-3)6-7-16(13)17/h6-7,9,12,14,18H,4-5,8,10-11H2,1-3H3. The van der Waals surface area contributed by atoms with Crippen LogP contribution in [0.4, 0.5) is 0 Å². The number of rotatable bonds is 6. The van der Waals surface area contributed by atoms with Gasteiger partial charge in [-0.1, -0.05) is 29.8 Å². The van der Waals surface area contributed by atoms with Gasteiger partial charge in [0.05, 0.1) is 7.11 Å². The Kier molecular flexibility index (Phi) is 5.87. The third-order valence-corrected chi connectivity index (χ3v) is 4.66. The second-order valence-corrected chi connectivity index (χ2v) is 6.64. The number of halogens is 1. The molecule has 1 saturated heterocycles. The average Bonchev–Trinajstić information content (AvgIpc) is 2.86. The molecule has 1 aliphatic heterocycles. The summed E-state index contributed by atoms with van der Waals surface area (Å²) in [5.74, 6) is 0.930. The maximum atomic E-state index is 5.33. The first kappa shape index (κ1) is 15.8. The molecule has 1 heterocycles. The van der Waals surface area contributed by atoms with Gasteiger partial charge in [-0.3, -0.25) is 4.90 Å². The van der Waals surface area contributed by atoms with Crippen LogP contribution in [-0.4, -0.2) is 37.2 Å². The van der Waals surface area contributed by atoms with Gasteiger partial charge in [0.25, 0.3) is 0 Å². The van der Waals surface area contributed by atoms with E-state index in [1.807, 2.05) is 6.07 Å². The summed E-state index contributed by atoms with van der Waals surface area (Å²) in [5, 5.41) is 3.56. The van der Waals surface area contributed by atoms with Gasteiger partial charge >= 0.3 is 0 Å². The largest absolute Gasteiger partial charge is 0.497 e. The minimum absolute atomic E-state index is 0.556. The maximum Gasteiger partial charge on any atom is 0.119 e. The number of benzene rings is 1. The smallest absolute Gasteiger partial charge is 0.119 e. The van der Waals surface area contributed by atoms with Crippen molar-refractivity contribution in [1.82, 2.24) is 10.2 Å². The van der Waals surface area contributed by atoms with E-state index < -0.39 is 0 Å². The topological polar surface area (TPSA) is 24.5 Å². The minimum Gasteiger partial charge on any atom is -0.497 e. The summed E-state index contributed by atoms with van der Waals surface area (Å²) in [7, 11) is 1.72. The predicted octanol–water partition coefficient (Wildman–Crippen LogP) is 3.42. The second kappa shape index (κ2) is 7.43. The predicted molar refractivity (Wildman–Crippen MR) is 87.3 cm³/mol. The molecule has 2 rings (SSSR count). The number of nitrogens with one attached hydrogen (secondary N) is 1. The highest BCUT2D eigenvalue weighted by molar-refractivity contribution is 9.10. The van der Waals surface area contributed by atoms with Crippen molar-refractivity contribution in [2.75, 3.05) is 20.2 Å². The summed E-state index contributed by atoms with van der Waals surface area (Å²) in [5.41, 5.74) is 1.31. The number of hydrogen-bond acceptors (Lipinski definition) is 3. The Morgan fingerprint density at radius 3 is 2.95 bits per heavy atom. The van der Waals surface area contributed by atoms with Gasteiger partial charge < -0.3 is 10.1 Å². The molecule has 0 radical (unpaired) electrons. The summed E-state index contributed by atoms with van der Waals surface area (Å²) < 4.78 is 6.50. The lowest BCUT2D eigenvalue weighted by atomic mass is 10.1. The maximum absolute atomic E-state index is 5.33. The first-order valence-corrected chi connectivity index (χ1v) is 8.19. The number of ether oxygens (including phenoxy) is 1. The molecule has 4 heteroatoms. The zero-order valence-electron chi connectivity index (χ0n) is 12.7. The Morgan fingerprint density at radius 1 is 1.45 bits per heavy atom. The van der Waals surface area contributed by atoms with E-state index >= 15 is 0 Å². The van der Waals surface area contributed by atoms with Crippen molar-refractivity contribution in [2.24, 2.45) is 0 Å². The van der Waals surface area contributed by atoms with Crippen LogP contribution in [-0.2, 0) is 6.54 Å². The summed E-state index contributed by atoms with van der Waals surface area (Å²) in [6.07, 6.45) is 2.59. The van der Waals surface area contributed by atoms with Crippen molar-refractivity contribution in [3.05, 3.63) is 28.2 Å². The van der Waals surface area contributed by atoms with E-state index in [0.29, 0.717) is 12.1 Å². The van der Waals surface area contributed by atoms with Crippen LogP contribution in [0.2, 0.25) is 0 Å². The Hall–Kier alpha value is -0.580. The van der Waals surface area contributed by atoms with Crippen LogP contribution in [0.25, 0.3) is 0 Å². The van der Waals surface area contributed by atoms with Gasteiger partial charge in [-0.2, -0.15) is 0 Å². The molecule has 0 bridgehead atoms. The second-order valence-electron chi connectivity index (χ2n) is 5.79. The van der Waals surface area contributed by atoms with Crippen molar-refractivity contribution in [3.8, 4) is 5.75 Å². The zero-order chi connectivity index (χ0) is 14.5. The molecule has 0 amide bonds. The van der Waals surface area contributed by atoms with Crippen LogP contribution in [0.15, 0.2) is 22.7 Å². The van der Waals surface area contributed by atoms with Crippen molar-refractivity contribution in [2.45, 2.75) is 45.3 Å². The van der Waals surface area contributed by atoms with Gasteiger partial charge in [0, 0.05) is 29.6 Å². The van der Waals surface area contributed by atoms with E-state index in [-0.39, 0.29) is 0 Å². The average molecular weight is 341 g/mol. The quantitative estimate of drug-likeness (QED) is 0.858. The lowest BCUT2D eigenvalue weighted by Crippen LogP contribution is -2.39. The van der Waals surface area contributed by atoms with Crippen molar-refractivity contribution in [3.63, 3.8) is 0 Å². The van der Waals surface area contributed by atoms with Crippen molar-refractivity contribution < 1.29 is 4.74 Å². The molecule has 112 valence electrons. The molecule has 1 N–H and O–H groups in total. The first-order chi connectivity index (χ1) is 9.60. The van der Waals surface area contributed by atoms with Gasteiger partial charge in [0.15, 0.2) is 0 Å². The molecule has 1 atom stereocenters. The van der Waals surface area contributed by atoms with Gasteiger partial charge in [0.2, 0.25) is 0 Å². The summed E-state index contributed by atoms with van der Waals surface area (Å²) in [4.78, 5) is 2.58. The van der Waals surface area contributed by atoms with Crippen LogP contribution >= 0.6 is 15.9 Å². The molecule has 1 aromatic rings. The lowest BCUT2D eigenvalue weighted by Gasteiger charge is -2.26. The van der Waals surface area contributed by atoms with Gasteiger partial charge in [-0.15, -0.1) is 0 Å². The first-order valence-electron chi connectivity index (χ1n) is 7.40. The van der Waals surface area contributed by atoms with Gasteiger partial charge in [0.1, 0.15) is 5.75 Å². The Bertz CT molecular complexity index is 436. The van der Waals surface area contributed by atoms with Crippen LogP contribution in [0.1, 0.15) is 32.3 Å².